The van der Waals surface area contributed by atoms with Crippen LogP contribution in [-0.4, -0.2) is 94.9 Å². The van der Waals surface area contributed by atoms with Crippen LogP contribution < -0.4 is 9.47 Å². The number of hydrogen-bond donors (Lipinski definition) is 0. The minimum atomic E-state index is -0.904. The lowest BCUT2D eigenvalue weighted by Gasteiger charge is -2.28. The van der Waals surface area contributed by atoms with E-state index in [0.29, 0.717) is 55.5 Å². The molecule has 6 rings (SSSR count). The molecule has 6 aromatic rings. The molecular weight excluding hydrogens is 798 g/mol. The number of aryl methyl sites for hydroxylation is 3. The van der Waals surface area contributed by atoms with Crippen LogP contribution in [0.5, 0.6) is 11.5 Å². The van der Waals surface area contributed by atoms with Gasteiger partial charge in [0.1, 0.15) is 36.3 Å². The smallest absolute Gasteiger partial charge is 0.163 e. The number of benzene rings is 6. The first-order chi connectivity index (χ1) is 30.7. The van der Waals surface area contributed by atoms with Crippen LogP contribution >= 0.6 is 0 Å². The second kappa shape index (κ2) is 22.1. The van der Waals surface area contributed by atoms with Gasteiger partial charge < -0.3 is 24.2 Å². The molecule has 8 heteroatoms. The SMILES string of the molecule is Cc1cc(C)cc(-c2ccc(OCCN(C)C)c(C(CC(=O)c3ccc(F)cc3)C(=O)CC(c3ccccc3CN(C)C)c3cc(-c4ccccc4C)ccc3OCCN(C)C)c2)c1. The van der Waals surface area contributed by atoms with Crippen LogP contribution in [0.3, 0.4) is 0 Å². The molecule has 0 heterocycles. The molecule has 0 bridgehead atoms. The van der Waals surface area contributed by atoms with Gasteiger partial charge in [-0.1, -0.05) is 90.0 Å². The number of Topliss-reactive ketones (excluding diaryl/α,β-unsaturated/α-hetero) is 2. The normalized spacial score (nSPS) is 12.5. The fraction of sp³-hybridized carbons (Fsp3) is 0.321. The molecule has 6 aromatic carbocycles. The van der Waals surface area contributed by atoms with Crippen molar-refractivity contribution in [2.24, 2.45) is 0 Å². The van der Waals surface area contributed by atoms with Gasteiger partial charge in [-0.3, -0.25) is 9.59 Å². The molecule has 64 heavy (non-hydrogen) atoms. The van der Waals surface area contributed by atoms with Gasteiger partial charge in [-0.2, -0.15) is 0 Å². The molecule has 0 saturated carbocycles. The molecule has 0 saturated heterocycles. The lowest BCUT2D eigenvalue weighted by atomic mass is 9.78. The molecule has 334 valence electrons. The zero-order valence-corrected chi connectivity index (χ0v) is 39.1. The van der Waals surface area contributed by atoms with Crippen molar-refractivity contribution in [3.05, 3.63) is 178 Å². The van der Waals surface area contributed by atoms with Crippen LogP contribution in [0.2, 0.25) is 0 Å². The first-order valence-corrected chi connectivity index (χ1v) is 22.2. The molecule has 0 fully saturated rings. The Kier molecular flexibility index (Phi) is 16.4. The van der Waals surface area contributed by atoms with E-state index in [1.807, 2.05) is 95.7 Å². The standard InChI is InChI=1S/C56H64FN3O4/c1-38-30-39(2)32-45(31-38)42-20-24-56(64-29-27-59(6)7)52(33-42)50(36-53(61)41-18-22-46(57)23-19-41)54(62)35-49(48-17-13-11-15-44(48)37-60(8)9)51-34-43(47-16-12-10-14-40(47)3)21-25-55(51)63-28-26-58(4)5/h10-25,30-34,49-50H,26-29,35-37H2,1-9H3. The topological polar surface area (TPSA) is 62.3 Å². The number of carbonyl (C=O) groups excluding carboxylic acids is 2. The van der Waals surface area contributed by atoms with Gasteiger partial charge >= 0.3 is 0 Å². The molecule has 0 N–H and O–H groups in total. The number of carbonyl (C=O) groups is 2. The highest BCUT2D eigenvalue weighted by molar-refractivity contribution is 6.01. The zero-order chi connectivity index (χ0) is 45.9. The molecule has 2 unspecified atom stereocenters. The minimum Gasteiger partial charge on any atom is -0.492 e. The fourth-order valence-electron chi connectivity index (χ4n) is 8.39. The first kappa shape index (κ1) is 47.5. The molecule has 2 atom stereocenters. The van der Waals surface area contributed by atoms with E-state index in [1.54, 1.807) is 0 Å². The average molecular weight is 862 g/mol. The summed E-state index contributed by atoms with van der Waals surface area (Å²) in [6.07, 6.45) is -0.0652. The van der Waals surface area contributed by atoms with Crippen molar-refractivity contribution in [2.75, 3.05) is 68.6 Å². The van der Waals surface area contributed by atoms with E-state index in [9.17, 15) is 9.18 Å². The van der Waals surface area contributed by atoms with Gasteiger partial charge in [0, 0.05) is 55.1 Å². The zero-order valence-electron chi connectivity index (χ0n) is 39.1. The van der Waals surface area contributed by atoms with Crippen LogP contribution in [0, 0.1) is 26.6 Å². The van der Waals surface area contributed by atoms with Crippen molar-refractivity contribution >= 4 is 11.6 Å². The minimum absolute atomic E-state index is 0.0675. The highest BCUT2D eigenvalue weighted by Crippen LogP contribution is 2.43. The van der Waals surface area contributed by atoms with Crippen LogP contribution in [0.4, 0.5) is 4.39 Å². The lowest BCUT2D eigenvalue weighted by Crippen LogP contribution is -2.24. The van der Waals surface area contributed by atoms with Gasteiger partial charge in [0.05, 0.1) is 5.92 Å². The van der Waals surface area contributed by atoms with Crippen LogP contribution in [-0.2, 0) is 11.3 Å². The number of nitrogens with zero attached hydrogens (tertiary/aromatic N) is 3. The van der Waals surface area contributed by atoms with Crippen molar-refractivity contribution in [3.63, 3.8) is 0 Å². The quantitative estimate of drug-likeness (QED) is 0.0668. The molecule has 0 spiro atoms. The third kappa shape index (κ3) is 12.6. The van der Waals surface area contributed by atoms with E-state index in [4.69, 9.17) is 9.47 Å². The number of rotatable bonds is 21. The highest BCUT2D eigenvalue weighted by atomic mass is 19.1. The van der Waals surface area contributed by atoms with E-state index >= 15 is 4.79 Å². The predicted octanol–water partition coefficient (Wildman–Crippen LogP) is 11.2. The predicted molar refractivity (Wildman–Crippen MR) is 259 cm³/mol. The van der Waals surface area contributed by atoms with Gasteiger partial charge in [-0.05, 0) is 151 Å². The van der Waals surface area contributed by atoms with E-state index in [0.717, 1.165) is 55.6 Å². The lowest BCUT2D eigenvalue weighted by molar-refractivity contribution is -0.120. The third-order valence-electron chi connectivity index (χ3n) is 11.6. The third-order valence-corrected chi connectivity index (χ3v) is 11.6. The van der Waals surface area contributed by atoms with E-state index in [2.05, 4.69) is 85.2 Å². The second-order valence-corrected chi connectivity index (χ2v) is 17.8. The molecule has 0 aliphatic carbocycles. The summed E-state index contributed by atoms with van der Waals surface area (Å²) in [4.78, 5) is 36.5. The van der Waals surface area contributed by atoms with Gasteiger partial charge in [0.25, 0.3) is 0 Å². The summed E-state index contributed by atoms with van der Waals surface area (Å²) in [6, 6.07) is 40.9. The Labute approximate surface area is 380 Å². The van der Waals surface area contributed by atoms with E-state index < -0.39 is 17.7 Å². The maximum absolute atomic E-state index is 15.8. The summed E-state index contributed by atoms with van der Waals surface area (Å²) in [7, 11) is 12.1. The summed E-state index contributed by atoms with van der Waals surface area (Å²) in [5.41, 5.74) is 11.4. The summed E-state index contributed by atoms with van der Waals surface area (Å²) in [5, 5.41) is 0. The number of ketones is 2. The Bertz CT molecular complexity index is 2510. The highest BCUT2D eigenvalue weighted by Gasteiger charge is 2.33. The maximum Gasteiger partial charge on any atom is 0.163 e. The fourth-order valence-corrected chi connectivity index (χ4v) is 8.39. The van der Waals surface area contributed by atoms with Crippen molar-refractivity contribution in [2.45, 2.75) is 52.0 Å². The molecular formula is C56H64FN3O4. The number of ether oxygens (including phenoxy) is 2. The van der Waals surface area contributed by atoms with E-state index in [1.165, 1.54) is 24.3 Å². The van der Waals surface area contributed by atoms with Crippen molar-refractivity contribution < 1.29 is 23.5 Å². The summed E-state index contributed by atoms with van der Waals surface area (Å²) in [5.74, 6) is -0.897. The van der Waals surface area contributed by atoms with Crippen LogP contribution in [0.1, 0.15) is 74.0 Å². The van der Waals surface area contributed by atoms with Gasteiger partial charge in [-0.15, -0.1) is 0 Å². The van der Waals surface area contributed by atoms with Gasteiger partial charge in [0.2, 0.25) is 0 Å². The average Bonchev–Trinajstić information content (AvgIpc) is 3.25. The van der Waals surface area contributed by atoms with Crippen molar-refractivity contribution in [1.82, 2.24) is 14.7 Å². The number of likely N-dealkylation sites (N-methyl/N-ethyl adjacent to an activating group) is 2. The maximum atomic E-state index is 15.8. The molecule has 7 nitrogen and oxygen atoms in total. The Morgan fingerprint density at radius 1 is 0.562 bits per heavy atom. The largest absolute Gasteiger partial charge is 0.492 e. The van der Waals surface area contributed by atoms with Crippen molar-refractivity contribution in [3.8, 4) is 33.8 Å². The second-order valence-electron chi connectivity index (χ2n) is 17.8. The number of hydrogen-bond acceptors (Lipinski definition) is 7. The molecule has 0 amide bonds. The van der Waals surface area contributed by atoms with E-state index in [-0.39, 0.29) is 24.4 Å². The molecule has 0 aliphatic heterocycles. The molecule has 0 radical (unpaired) electrons. The number of halogens is 1. The van der Waals surface area contributed by atoms with Crippen LogP contribution in [0.15, 0.2) is 127 Å². The van der Waals surface area contributed by atoms with Crippen molar-refractivity contribution in [1.29, 1.82) is 0 Å². The molecule has 0 aliphatic rings. The Morgan fingerprint density at radius 3 is 1.77 bits per heavy atom. The summed E-state index contributed by atoms with van der Waals surface area (Å²) >= 11 is 0. The Morgan fingerprint density at radius 2 is 1.14 bits per heavy atom. The van der Waals surface area contributed by atoms with Gasteiger partial charge in [0.15, 0.2) is 5.78 Å². The monoisotopic (exact) mass is 861 g/mol. The Hall–Kier alpha value is -5.93. The first-order valence-electron chi connectivity index (χ1n) is 22.2. The summed E-state index contributed by atoms with van der Waals surface area (Å²) in [6.45, 7) is 9.12. The van der Waals surface area contributed by atoms with Crippen LogP contribution in [0.25, 0.3) is 22.3 Å². The Balaban J connectivity index is 1.56. The molecule has 0 aromatic heterocycles. The summed E-state index contributed by atoms with van der Waals surface area (Å²) < 4.78 is 27.4. The van der Waals surface area contributed by atoms with Gasteiger partial charge in [-0.25, -0.2) is 4.39 Å².